The molecule has 2 aliphatic rings. The summed E-state index contributed by atoms with van der Waals surface area (Å²) in [6.45, 7) is 6.12. The molecule has 0 aromatic rings. The lowest BCUT2D eigenvalue weighted by atomic mass is 9.89. The molecule has 2 nitrogen and oxygen atoms in total. The van der Waals surface area contributed by atoms with Crippen molar-refractivity contribution in [2.75, 3.05) is 0 Å². The molecule has 2 rings (SSSR count). The minimum Gasteiger partial charge on any atom is -0.299 e. The summed E-state index contributed by atoms with van der Waals surface area (Å²) in [5.74, 6) is 1.28. The van der Waals surface area contributed by atoms with Crippen molar-refractivity contribution in [3.8, 4) is 0 Å². The largest absolute Gasteiger partial charge is 0.299 e. The van der Waals surface area contributed by atoms with Crippen molar-refractivity contribution >= 4 is 11.6 Å². The highest BCUT2D eigenvalue weighted by atomic mass is 16.2. The van der Waals surface area contributed by atoms with E-state index in [-0.39, 0.29) is 29.3 Å². The second-order valence-electron chi connectivity index (χ2n) is 5.27. The lowest BCUT2D eigenvalue weighted by Crippen LogP contribution is -2.25. The predicted octanol–water partition coefficient (Wildman–Crippen LogP) is 2.07. The van der Waals surface area contributed by atoms with E-state index < -0.39 is 0 Å². The SMILES string of the molecule is CC(C)[C@H]1CC2C[C@H](C)C(=O)C2C1=O. The third-order valence-electron chi connectivity index (χ3n) is 3.95. The number of hydrogen-bond donors (Lipinski definition) is 0. The maximum Gasteiger partial charge on any atom is 0.146 e. The molecule has 0 bridgehead atoms. The van der Waals surface area contributed by atoms with Crippen LogP contribution in [0.2, 0.25) is 0 Å². The van der Waals surface area contributed by atoms with E-state index in [9.17, 15) is 9.59 Å². The number of hydrogen-bond acceptors (Lipinski definition) is 2. The van der Waals surface area contributed by atoms with Crippen molar-refractivity contribution in [2.24, 2.45) is 29.6 Å². The van der Waals surface area contributed by atoms with Gasteiger partial charge >= 0.3 is 0 Å². The van der Waals surface area contributed by atoms with E-state index in [1.807, 2.05) is 6.92 Å². The summed E-state index contributed by atoms with van der Waals surface area (Å²) in [6, 6.07) is 0. The fourth-order valence-electron chi connectivity index (χ4n) is 3.12. The van der Waals surface area contributed by atoms with Crippen LogP contribution in [0.3, 0.4) is 0 Å². The Morgan fingerprint density at radius 3 is 2.29 bits per heavy atom. The van der Waals surface area contributed by atoms with Gasteiger partial charge in [0.15, 0.2) is 0 Å². The van der Waals surface area contributed by atoms with Gasteiger partial charge < -0.3 is 0 Å². The minimum absolute atomic E-state index is 0.127. The topological polar surface area (TPSA) is 34.1 Å². The molecule has 2 unspecified atom stereocenters. The molecule has 4 atom stereocenters. The zero-order valence-electron chi connectivity index (χ0n) is 9.12. The second kappa shape index (κ2) is 3.18. The molecule has 2 saturated carbocycles. The summed E-state index contributed by atoms with van der Waals surface area (Å²) in [7, 11) is 0. The summed E-state index contributed by atoms with van der Waals surface area (Å²) < 4.78 is 0. The fraction of sp³-hybridized carbons (Fsp3) is 0.833. The molecular formula is C12H18O2. The fourth-order valence-corrected chi connectivity index (χ4v) is 3.12. The number of carbonyl (C=O) groups excluding carboxylic acids is 2. The molecule has 0 saturated heterocycles. The van der Waals surface area contributed by atoms with Crippen molar-refractivity contribution in [1.82, 2.24) is 0 Å². The van der Waals surface area contributed by atoms with Crippen LogP contribution in [0.1, 0.15) is 33.6 Å². The molecule has 14 heavy (non-hydrogen) atoms. The van der Waals surface area contributed by atoms with E-state index >= 15 is 0 Å². The summed E-state index contributed by atoms with van der Waals surface area (Å²) in [5, 5.41) is 0. The number of Topliss-reactive ketones (excluding diaryl/α,β-unsaturated/α-hetero) is 2. The Balaban J connectivity index is 2.20. The Hall–Kier alpha value is -0.660. The van der Waals surface area contributed by atoms with Crippen LogP contribution < -0.4 is 0 Å². The van der Waals surface area contributed by atoms with Crippen LogP contribution in [0.25, 0.3) is 0 Å². The molecule has 2 aliphatic carbocycles. The quantitative estimate of drug-likeness (QED) is 0.599. The molecule has 0 aromatic carbocycles. The highest BCUT2D eigenvalue weighted by Crippen LogP contribution is 2.46. The first-order valence-corrected chi connectivity index (χ1v) is 5.59. The van der Waals surface area contributed by atoms with Crippen LogP contribution >= 0.6 is 0 Å². The van der Waals surface area contributed by atoms with Crippen LogP contribution in [0, 0.1) is 29.6 Å². The van der Waals surface area contributed by atoms with Crippen molar-refractivity contribution < 1.29 is 9.59 Å². The van der Waals surface area contributed by atoms with Crippen LogP contribution in [0.4, 0.5) is 0 Å². The third kappa shape index (κ3) is 1.23. The molecule has 0 heterocycles. The summed E-state index contributed by atoms with van der Waals surface area (Å²) in [5.41, 5.74) is 0. The minimum atomic E-state index is -0.225. The van der Waals surface area contributed by atoms with E-state index in [2.05, 4.69) is 13.8 Å². The molecule has 0 radical (unpaired) electrons. The molecule has 2 heteroatoms. The third-order valence-corrected chi connectivity index (χ3v) is 3.95. The Morgan fingerprint density at radius 2 is 1.79 bits per heavy atom. The summed E-state index contributed by atoms with van der Waals surface area (Å²) in [6.07, 6.45) is 1.90. The first-order valence-electron chi connectivity index (χ1n) is 5.59. The van der Waals surface area contributed by atoms with Gasteiger partial charge in [0.25, 0.3) is 0 Å². The Kier molecular flexibility index (Phi) is 2.24. The van der Waals surface area contributed by atoms with E-state index in [1.54, 1.807) is 0 Å². The Labute approximate surface area is 85.1 Å². The molecule has 0 amide bonds. The average molecular weight is 194 g/mol. The Bertz CT molecular complexity index is 280. The molecule has 0 aliphatic heterocycles. The molecular weight excluding hydrogens is 176 g/mol. The first-order chi connectivity index (χ1) is 6.52. The number of fused-ring (bicyclic) bond motifs is 1. The summed E-state index contributed by atoms with van der Waals surface area (Å²) >= 11 is 0. The monoisotopic (exact) mass is 194 g/mol. The van der Waals surface area contributed by atoms with Crippen molar-refractivity contribution in [3.05, 3.63) is 0 Å². The van der Waals surface area contributed by atoms with Gasteiger partial charge in [-0.1, -0.05) is 20.8 Å². The highest BCUT2D eigenvalue weighted by molar-refractivity contribution is 6.07. The van der Waals surface area contributed by atoms with Crippen molar-refractivity contribution in [1.29, 1.82) is 0 Å². The molecule has 78 valence electrons. The van der Waals surface area contributed by atoms with E-state index in [0.717, 1.165) is 12.8 Å². The predicted molar refractivity (Wildman–Crippen MR) is 53.7 cm³/mol. The van der Waals surface area contributed by atoms with Gasteiger partial charge in [-0.15, -0.1) is 0 Å². The first kappa shape index (κ1) is 9.88. The van der Waals surface area contributed by atoms with E-state index in [0.29, 0.717) is 11.8 Å². The number of rotatable bonds is 1. The lowest BCUT2D eigenvalue weighted by molar-refractivity contribution is -0.133. The van der Waals surface area contributed by atoms with E-state index in [4.69, 9.17) is 0 Å². The van der Waals surface area contributed by atoms with Gasteiger partial charge in [0, 0.05) is 11.8 Å². The van der Waals surface area contributed by atoms with Crippen LogP contribution in [-0.2, 0) is 9.59 Å². The highest BCUT2D eigenvalue weighted by Gasteiger charge is 2.52. The molecule has 0 aromatic heterocycles. The normalized spacial score (nSPS) is 42.3. The molecule has 2 fully saturated rings. The van der Waals surface area contributed by atoms with Gasteiger partial charge in [-0.05, 0) is 24.7 Å². The van der Waals surface area contributed by atoms with Gasteiger partial charge in [-0.2, -0.15) is 0 Å². The molecule has 0 N–H and O–H groups in total. The zero-order chi connectivity index (χ0) is 10.5. The maximum atomic E-state index is 12.0. The smallest absolute Gasteiger partial charge is 0.146 e. The van der Waals surface area contributed by atoms with Gasteiger partial charge in [0.1, 0.15) is 11.6 Å². The number of carbonyl (C=O) groups is 2. The van der Waals surface area contributed by atoms with Crippen LogP contribution in [-0.4, -0.2) is 11.6 Å². The van der Waals surface area contributed by atoms with Gasteiger partial charge in [-0.25, -0.2) is 0 Å². The molecule has 0 spiro atoms. The van der Waals surface area contributed by atoms with Gasteiger partial charge in [0.2, 0.25) is 0 Å². The Morgan fingerprint density at radius 1 is 1.14 bits per heavy atom. The summed E-state index contributed by atoms with van der Waals surface area (Å²) in [4.78, 5) is 23.7. The van der Waals surface area contributed by atoms with Crippen molar-refractivity contribution in [2.45, 2.75) is 33.6 Å². The number of ketones is 2. The van der Waals surface area contributed by atoms with Gasteiger partial charge in [0.05, 0.1) is 5.92 Å². The average Bonchev–Trinajstić information content (AvgIpc) is 2.54. The lowest BCUT2D eigenvalue weighted by Gasteiger charge is -2.14. The van der Waals surface area contributed by atoms with E-state index in [1.165, 1.54) is 0 Å². The van der Waals surface area contributed by atoms with Crippen molar-refractivity contribution in [3.63, 3.8) is 0 Å². The second-order valence-corrected chi connectivity index (χ2v) is 5.27. The maximum absolute atomic E-state index is 12.0. The zero-order valence-corrected chi connectivity index (χ0v) is 9.12. The van der Waals surface area contributed by atoms with Crippen LogP contribution in [0.5, 0.6) is 0 Å². The van der Waals surface area contributed by atoms with Gasteiger partial charge in [-0.3, -0.25) is 9.59 Å². The standard InChI is InChI=1S/C12H18O2/c1-6(2)9-5-8-4-7(3)11(13)10(8)12(9)14/h6-10H,4-5H2,1-3H3/t7-,8?,9+,10?/m0/s1. The van der Waals surface area contributed by atoms with Crippen LogP contribution in [0.15, 0.2) is 0 Å².